The monoisotopic (exact) mass is 1440 g/mol. The van der Waals surface area contributed by atoms with E-state index in [-0.39, 0.29) is 49.3 Å². The average molecular weight is 1440 g/mol. The first kappa shape index (κ1) is 80.4. The van der Waals surface area contributed by atoms with E-state index in [0.717, 1.165) is 127 Å². The van der Waals surface area contributed by atoms with Crippen LogP contribution in [-0.4, -0.2) is 180 Å². The maximum atomic E-state index is 13.4. The third kappa shape index (κ3) is 21.4. The molecule has 4 aliphatic heterocycles. The Hall–Kier alpha value is -9.28. The molecule has 4 aliphatic rings. The summed E-state index contributed by atoms with van der Waals surface area (Å²) in [6.07, 6.45) is 7.54. The third-order valence-electron chi connectivity index (χ3n) is 19.9. The molecule has 0 radical (unpaired) electrons. The number of hydrogen-bond acceptors (Lipinski definition) is 12. The maximum absolute atomic E-state index is 13.4. The molecule has 0 atom stereocenters. The highest BCUT2D eigenvalue weighted by molar-refractivity contribution is 7.68. The van der Waals surface area contributed by atoms with Crippen LogP contribution in [0.25, 0.3) is 11.1 Å². The van der Waals surface area contributed by atoms with Crippen LogP contribution in [0.3, 0.4) is 0 Å². The van der Waals surface area contributed by atoms with Gasteiger partial charge in [0.25, 0.3) is 23.6 Å². The number of aryl methyl sites for hydroxylation is 2. The summed E-state index contributed by atoms with van der Waals surface area (Å²) in [6, 6.07) is 56.2. The Morgan fingerprint density at radius 3 is 1.34 bits per heavy atom. The van der Waals surface area contributed by atoms with Crippen LogP contribution in [0, 0.1) is 36.5 Å². The molecule has 0 spiro atoms. The molecule has 6 heterocycles. The van der Waals surface area contributed by atoms with Crippen molar-refractivity contribution in [1.82, 2.24) is 39.4 Å². The zero-order valence-electron chi connectivity index (χ0n) is 62.3. The summed E-state index contributed by atoms with van der Waals surface area (Å²) in [6.45, 7) is 27.9. The lowest BCUT2D eigenvalue weighted by atomic mass is 9.88. The SMILES string of the molecule is C.CN(C)c1ccccc1-c1ccccc1P(C(C)(C)C)C(C)(C)C.CN1CCN(C(=O)c2ccc(Cl)nc2)CC1.Cc1ccc(C(=O)N2CCC(c3ccc(C#N)cc3)CC2)cc1Cc1ccc(C(=O)N2CCN(C)CC2)cn1.Cc1ccc(C(=O)N2CCC(c3ccc(C#N)cc3)CC2)cc1N. The van der Waals surface area contributed by atoms with Crippen molar-refractivity contribution in [2.24, 2.45) is 0 Å². The highest BCUT2D eigenvalue weighted by Crippen LogP contribution is 2.59. The number of anilines is 2. The number of nitrogen functional groups attached to an aromatic ring is 1. The molecule has 0 unspecified atom stereocenters. The van der Waals surface area contributed by atoms with Crippen molar-refractivity contribution in [2.75, 3.05) is 117 Å². The minimum absolute atomic E-state index is 0. The van der Waals surface area contributed by atoms with Crippen molar-refractivity contribution in [1.29, 1.82) is 10.5 Å². The van der Waals surface area contributed by atoms with Crippen molar-refractivity contribution in [3.63, 3.8) is 0 Å². The van der Waals surface area contributed by atoms with Crippen LogP contribution in [0.4, 0.5) is 11.4 Å². The van der Waals surface area contributed by atoms with Crippen molar-refractivity contribution in [3.8, 4) is 23.3 Å². The predicted octanol–water partition coefficient (Wildman–Crippen LogP) is 15.6. The van der Waals surface area contributed by atoms with Gasteiger partial charge < -0.3 is 40.0 Å². The summed E-state index contributed by atoms with van der Waals surface area (Å²) in [5.41, 5.74) is 21.1. The standard InChI is InChI=1S/C32H35N5O2.C22H32NP.C20H21N3O.C11H14ClN3O.CH4/c1-23-3-6-27(31(38)36-13-11-26(12-14-36)25-7-4-24(21-33)5-8-25)19-29(23)20-30-10-9-28(22-34-30)32(39)37-17-15-35(2)16-18-37;1-21(2,3)24(22(4,5)6)20-16-12-10-14-18(20)17-13-9-11-15-19(17)23(7)8;1-14-2-5-18(12-19(14)22)20(24)23-10-8-17(9-11-23)16-6-3-15(13-21)4-7-16;1-14-4-6-15(7-5-14)11(16)9-2-3-10(12)13-8-9;/h3-10,19,22,26H,11-18,20H2,1-2H3;9-16H,1-8H3;2-7,12,17H,8-11,22H2,1H3;2-3,8H,4-7H2,1H3;1H4. The summed E-state index contributed by atoms with van der Waals surface area (Å²) in [4.78, 5) is 73.6. The fourth-order valence-corrected chi connectivity index (χ4v) is 18.3. The van der Waals surface area contributed by atoms with Crippen LogP contribution in [0.5, 0.6) is 0 Å². The van der Waals surface area contributed by atoms with E-state index >= 15 is 0 Å². The molecule has 2 aromatic heterocycles. The lowest BCUT2D eigenvalue weighted by Gasteiger charge is -2.43. The fraction of sp³-hybridized carbons (Fsp3) is 0.395. The van der Waals surface area contributed by atoms with E-state index in [4.69, 9.17) is 27.9 Å². The first-order valence-electron chi connectivity index (χ1n) is 35.9. The molecule has 18 heteroatoms. The van der Waals surface area contributed by atoms with Gasteiger partial charge in [0.15, 0.2) is 0 Å². The van der Waals surface area contributed by atoms with E-state index in [0.29, 0.717) is 62.5 Å². The van der Waals surface area contributed by atoms with Gasteiger partial charge in [-0.1, -0.05) is 147 Å². The van der Waals surface area contributed by atoms with Gasteiger partial charge in [-0.2, -0.15) is 10.5 Å². The number of carbonyl (C=O) groups is 4. The number of nitriles is 2. The topological polar surface area (TPSA) is 190 Å². The van der Waals surface area contributed by atoms with Gasteiger partial charge in [0, 0.05) is 145 Å². The number of rotatable bonds is 11. The second kappa shape index (κ2) is 36.9. The van der Waals surface area contributed by atoms with Gasteiger partial charge in [-0.15, -0.1) is 0 Å². The molecule has 12 rings (SSSR count). The second-order valence-corrected chi connectivity index (χ2v) is 33.9. The molecule has 4 saturated heterocycles. The van der Waals surface area contributed by atoms with Gasteiger partial charge in [-0.25, -0.2) is 4.98 Å². The number of hydrogen-bond donors (Lipinski definition) is 1. The number of piperidine rings is 2. The molecular weight excluding hydrogens is 1330 g/mol. The Morgan fingerprint density at radius 1 is 0.510 bits per heavy atom. The predicted molar refractivity (Wildman–Crippen MR) is 427 cm³/mol. The van der Waals surface area contributed by atoms with Gasteiger partial charge >= 0.3 is 0 Å². The summed E-state index contributed by atoms with van der Waals surface area (Å²) >= 11 is 5.68. The number of nitrogens with two attached hydrogens (primary N) is 1. The molecule has 0 aliphatic carbocycles. The number of likely N-dealkylation sites (N-methyl/N-ethyl adjacent to an activating group) is 2. The Balaban J connectivity index is 0.000000184. The van der Waals surface area contributed by atoms with E-state index < -0.39 is 0 Å². The molecule has 6 aromatic carbocycles. The van der Waals surface area contributed by atoms with Gasteiger partial charge in [0.05, 0.1) is 34.4 Å². The van der Waals surface area contributed by atoms with E-state index in [9.17, 15) is 19.2 Å². The summed E-state index contributed by atoms with van der Waals surface area (Å²) < 4.78 is 0. The number of carbonyl (C=O) groups excluding carboxylic acids is 4. The number of para-hydroxylation sites is 1. The average Bonchev–Trinajstić information content (AvgIpc) is 0.771. The summed E-state index contributed by atoms with van der Waals surface area (Å²) in [7, 11) is 8.05. The van der Waals surface area contributed by atoms with Crippen molar-refractivity contribution in [3.05, 3.63) is 242 Å². The molecule has 4 fully saturated rings. The highest BCUT2D eigenvalue weighted by Gasteiger charge is 2.37. The number of aromatic nitrogens is 2. The number of amides is 4. The lowest BCUT2D eigenvalue weighted by Crippen LogP contribution is -2.47. The number of pyridine rings is 2. The molecule has 104 heavy (non-hydrogen) atoms. The van der Waals surface area contributed by atoms with Crippen LogP contribution in [-0.2, 0) is 6.42 Å². The number of piperazine rings is 2. The van der Waals surface area contributed by atoms with Crippen LogP contribution in [0.2, 0.25) is 5.15 Å². The number of halogens is 1. The Morgan fingerprint density at radius 2 is 0.913 bits per heavy atom. The third-order valence-corrected chi connectivity index (χ3v) is 23.6. The zero-order chi connectivity index (χ0) is 74.1. The summed E-state index contributed by atoms with van der Waals surface area (Å²) in [5.74, 6) is 1.05. The molecule has 0 saturated carbocycles. The Bertz CT molecular complexity index is 4250. The fourth-order valence-electron chi connectivity index (χ4n) is 14.1. The largest absolute Gasteiger partial charge is 0.398 e. The molecule has 0 bridgehead atoms. The molecule has 546 valence electrons. The first-order chi connectivity index (χ1) is 49.2. The number of benzene rings is 6. The molecule has 16 nitrogen and oxygen atoms in total. The quantitative estimate of drug-likeness (QED) is 0.0734. The highest BCUT2D eigenvalue weighted by atomic mass is 35.5. The van der Waals surface area contributed by atoms with Gasteiger partial charge in [-0.05, 0) is 193 Å². The van der Waals surface area contributed by atoms with Crippen LogP contribution < -0.4 is 15.9 Å². The van der Waals surface area contributed by atoms with Gasteiger partial charge in [0.2, 0.25) is 0 Å². The van der Waals surface area contributed by atoms with Crippen LogP contribution >= 0.6 is 19.5 Å². The first-order valence-corrected chi connectivity index (χ1v) is 37.6. The molecule has 4 amide bonds. The molecule has 2 N–H and O–H groups in total. The Labute approximate surface area is 625 Å². The van der Waals surface area contributed by atoms with E-state index in [1.54, 1.807) is 24.4 Å². The zero-order valence-corrected chi connectivity index (χ0v) is 63.9. The van der Waals surface area contributed by atoms with E-state index in [1.807, 2.05) is 118 Å². The second-order valence-electron chi connectivity index (χ2n) is 29.7. The van der Waals surface area contributed by atoms with Crippen molar-refractivity contribution in [2.45, 2.75) is 117 Å². The van der Waals surface area contributed by atoms with Gasteiger partial charge in [0.1, 0.15) is 5.15 Å². The summed E-state index contributed by atoms with van der Waals surface area (Å²) in [5, 5.41) is 20.4. The molecular formula is C86H106ClN12O4P. The van der Waals surface area contributed by atoms with E-state index in [2.05, 4.69) is 162 Å². The van der Waals surface area contributed by atoms with Crippen molar-refractivity contribution >= 4 is 59.8 Å². The minimum atomic E-state index is -0.332. The normalized spacial score (nSPS) is 15.3. The van der Waals surface area contributed by atoms with E-state index in [1.165, 1.54) is 39.4 Å². The Kier molecular flexibility index (Phi) is 28.5. The maximum Gasteiger partial charge on any atom is 0.255 e. The number of nitrogens with zero attached hydrogens (tertiary/aromatic N) is 11. The van der Waals surface area contributed by atoms with Crippen LogP contribution in [0.15, 0.2) is 170 Å². The molecule has 8 aromatic rings. The lowest BCUT2D eigenvalue weighted by molar-refractivity contribution is 0.0656. The van der Waals surface area contributed by atoms with Gasteiger partial charge in [-0.3, -0.25) is 24.2 Å². The van der Waals surface area contributed by atoms with Crippen LogP contribution in [0.1, 0.15) is 173 Å². The number of likely N-dealkylation sites (tertiary alicyclic amines) is 2. The van der Waals surface area contributed by atoms with Crippen molar-refractivity contribution < 1.29 is 19.2 Å². The smallest absolute Gasteiger partial charge is 0.255 e. The minimum Gasteiger partial charge on any atom is -0.398 e.